The zero-order valence-corrected chi connectivity index (χ0v) is 21.1. The number of methoxy groups -OCH3 is 1. The first-order chi connectivity index (χ1) is 17.9. The zero-order chi connectivity index (χ0) is 26.4. The molecule has 0 aromatic heterocycles. The van der Waals surface area contributed by atoms with Gasteiger partial charge in [-0.2, -0.15) is 5.10 Å². The van der Waals surface area contributed by atoms with Gasteiger partial charge in [-0.25, -0.2) is 13.8 Å². The van der Waals surface area contributed by atoms with Crippen molar-refractivity contribution in [3.8, 4) is 11.5 Å². The highest BCUT2D eigenvalue weighted by molar-refractivity contribution is 8.14. The Morgan fingerprint density at radius 3 is 2.54 bits per heavy atom. The fraction of sp³-hybridized carbons (Fsp3) is 0.222. The minimum atomic E-state index is -0.676. The van der Waals surface area contributed by atoms with Crippen molar-refractivity contribution >= 4 is 28.6 Å². The van der Waals surface area contributed by atoms with Crippen molar-refractivity contribution in [2.24, 2.45) is 5.10 Å². The van der Waals surface area contributed by atoms with Crippen LogP contribution in [0.3, 0.4) is 0 Å². The second-order valence-corrected chi connectivity index (χ2v) is 9.12. The predicted octanol–water partition coefficient (Wildman–Crippen LogP) is 4.86. The monoisotopic (exact) mass is 525 g/mol. The van der Waals surface area contributed by atoms with Gasteiger partial charge >= 0.3 is 0 Å². The number of para-hydroxylation sites is 1. The number of hydrogen-bond acceptors (Lipinski definition) is 6. The number of nitrogens with zero attached hydrogens (tertiary/aromatic N) is 2. The normalized spacial score (nSPS) is 14.8. The summed E-state index contributed by atoms with van der Waals surface area (Å²) >= 11 is 1.31. The molecule has 0 aliphatic carbocycles. The van der Waals surface area contributed by atoms with Gasteiger partial charge in [0.1, 0.15) is 22.9 Å². The first-order valence-corrected chi connectivity index (χ1v) is 12.3. The first-order valence-electron chi connectivity index (χ1n) is 11.5. The lowest BCUT2D eigenvalue weighted by Crippen LogP contribution is -2.30. The van der Waals surface area contributed by atoms with Crippen LogP contribution in [0.2, 0.25) is 0 Å². The van der Waals surface area contributed by atoms with E-state index in [1.165, 1.54) is 36.0 Å². The average molecular weight is 526 g/mol. The Bertz CT molecular complexity index is 1320. The molecule has 192 valence electrons. The molecule has 10 heteroatoms. The van der Waals surface area contributed by atoms with Crippen LogP contribution in [0, 0.1) is 12.7 Å². The maximum absolute atomic E-state index is 13.7. The summed E-state index contributed by atoms with van der Waals surface area (Å²) in [6, 6.07) is 18.2. The number of alkyl halides is 1. The highest BCUT2D eigenvalue weighted by Gasteiger charge is 2.37. The number of rotatable bonds is 9. The van der Waals surface area contributed by atoms with Crippen molar-refractivity contribution in [3.05, 3.63) is 94.8 Å². The maximum atomic E-state index is 13.7. The summed E-state index contributed by atoms with van der Waals surface area (Å²) in [6.07, 6.45) is 0. The number of nitrogens with one attached hydrogen (secondary N) is 1. The third-order valence-electron chi connectivity index (χ3n) is 5.57. The number of hydrogen-bond donors (Lipinski definition) is 1. The fourth-order valence-electron chi connectivity index (χ4n) is 3.77. The van der Waals surface area contributed by atoms with Gasteiger partial charge in [-0.15, -0.1) is 0 Å². The summed E-state index contributed by atoms with van der Waals surface area (Å²) in [7, 11) is 1.46. The second-order valence-electron chi connectivity index (χ2n) is 8.05. The highest BCUT2D eigenvalue weighted by atomic mass is 32.2. The zero-order valence-electron chi connectivity index (χ0n) is 20.2. The van der Waals surface area contributed by atoms with Crippen LogP contribution >= 0.6 is 11.8 Å². The van der Waals surface area contributed by atoms with Crippen LogP contribution in [0.4, 0.5) is 8.78 Å². The van der Waals surface area contributed by atoms with Crippen molar-refractivity contribution in [2.75, 3.05) is 26.9 Å². The van der Waals surface area contributed by atoms with Gasteiger partial charge in [-0.05, 0) is 48.9 Å². The summed E-state index contributed by atoms with van der Waals surface area (Å²) in [4.78, 5) is 25.6. The van der Waals surface area contributed by atoms with Gasteiger partial charge in [0.05, 0.1) is 7.11 Å². The number of hydrazone groups is 1. The number of halogens is 2. The molecule has 1 N–H and O–H groups in total. The third-order valence-corrected chi connectivity index (χ3v) is 6.79. The molecule has 7 nitrogen and oxygen atoms in total. The number of benzene rings is 3. The van der Waals surface area contributed by atoms with Crippen LogP contribution in [0.5, 0.6) is 11.5 Å². The van der Waals surface area contributed by atoms with Gasteiger partial charge in [0.2, 0.25) is 0 Å². The minimum absolute atomic E-state index is 0.0996. The van der Waals surface area contributed by atoms with Crippen LogP contribution in [0.25, 0.3) is 0 Å². The minimum Gasteiger partial charge on any atom is -0.492 e. The van der Waals surface area contributed by atoms with E-state index in [1.54, 1.807) is 42.5 Å². The molecule has 0 radical (unpaired) electrons. The van der Waals surface area contributed by atoms with E-state index in [4.69, 9.17) is 9.47 Å². The van der Waals surface area contributed by atoms with Crippen LogP contribution < -0.4 is 14.8 Å². The number of aryl methyl sites for hydroxylation is 1. The molecule has 0 fully saturated rings. The molecule has 0 saturated heterocycles. The Kier molecular flexibility index (Phi) is 8.39. The molecule has 1 atom stereocenters. The molecule has 3 aromatic rings. The molecular formula is C27H25F2N3O4S. The summed E-state index contributed by atoms with van der Waals surface area (Å²) < 4.78 is 37.2. The number of carbonyl (C=O) groups is 2. The average Bonchev–Trinajstić information content (AvgIpc) is 3.36. The number of thioether (sulfide) groups is 1. The number of carbonyl (C=O) groups excluding carboxylic acids is 2. The molecule has 1 unspecified atom stereocenters. The van der Waals surface area contributed by atoms with Gasteiger partial charge in [0.25, 0.3) is 11.8 Å². The fourth-order valence-corrected chi connectivity index (χ4v) is 4.95. The molecule has 0 spiro atoms. The summed E-state index contributed by atoms with van der Waals surface area (Å²) in [5.74, 6) is -0.546. The molecule has 2 amide bonds. The summed E-state index contributed by atoms with van der Waals surface area (Å²) in [5.41, 5.74) is 2.54. The molecule has 4 rings (SSSR count). The van der Waals surface area contributed by atoms with Crippen LogP contribution in [0.15, 0.2) is 71.8 Å². The lowest BCUT2D eigenvalue weighted by Gasteiger charge is -2.24. The molecule has 3 aromatic carbocycles. The number of amides is 2. The van der Waals surface area contributed by atoms with E-state index in [-0.39, 0.29) is 30.6 Å². The van der Waals surface area contributed by atoms with Crippen molar-refractivity contribution in [3.63, 3.8) is 0 Å². The Morgan fingerprint density at radius 2 is 1.84 bits per heavy atom. The summed E-state index contributed by atoms with van der Waals surface area (Å²) in [5, 5.41) is 8.30. The Morgan fingerprint density at radius 1 is 1.08 bits per heavy atom. The number of ether oxygens (including phenoxy) is 2. The lowest BCUT2D eigenvalue weighted by atomic mass is 10.1. The van der Waals surface area contributed by atoms with Gasteiger partial charge in [0, 0.05) is 23.2 Å². The van der Waals surface area contributed by atoms with E-state index >= 15 is 0 Å². The highest BCUT2D eigenvalue weighted by Crippen LogP contribution is 2.47. The summed E-state index contributed by atoms with van der Waals surface area (Å²) in [6.45, 7) is 0.738. The molecular weight excluding hydrogens is 500 g/mol. The van der Waals surface area contributed by atoms with Crippen molar-refractivity contribution in [1.82, 2.24) is 10.3 Å². The van der Waals surface area contributed by atoms with Crippen LogP contribution in [-0.2, 0) is 4.79 Å². The maximum Gasteiger partial charge on any atom is 0.275 e. The molecule has 1 aliphatic heterocycles. The van der Waals surface area contributed by atoms with Gasteiger partial charge in [0.15, 0.2) is 18.1 Å². The molecule has 0 bridgehead atoms. The van der Waals surface area contributed by atoms with Crippen molar-refractivity contribution in [1.29, 1.82) is 0 Å². The standard InChI is InChI=1S/C27H25F2N3O4S/c1-17-6-3-4-7-20(17)26(34)32-27(37-25(31-32)18-10-12-19(29)13-11-18)21-8-5-9-22(24(21)35-2)36-16-23(33)30-15-14-28/h3-13,27H,14-16H2,1-2H3,(H,30,33). The Balaban J connectivity index is 1.70. The molecule has 37 heavy (non-hydrogen) atoms. The quantitative estimate of drug-likeness (QED) is 0.432. The van der Waals surface area contributed by atoms with E-state index in [0.29, 0.717) is 27.5 Å². The van der Waals surface area contributed by atoms with Gasteiger partial charge in [-0.3, -0.25) is 9.59 Å². The SMILES string of the molecule is COc1c(OCC(=O)NCCF)cccc1C1SC(c2ccc(F)cc2)=NN1C(=O)c1ccccc1C. The van der Waals surface area contributed by atoms with E-state index in [2.05, 4.69) is 10.4 Å². The van der Waals surface area contributed by atoms with Gasteiger partial charge < -0.3 is 14.8 Å². The van der Waals surface area contributed by atoms with E-state index in [0.717, 1.165) is 5.56 Å². The lowest BCUT2D eigenvalue weighted by molar-refractivity contribution is -0.123. The van der Waals surface area contributed by atoms with Crippen LogP contribution in [-0.4, -0.2) is 48.8 Å². The first kappa shape index (κ1) is 26.2. The van der Waals surface area contributed by atoms with E-state index in [9.17, 15) is 18.4 Å². The third kappa shape index (κ3) is 5.91. The predicted molar refractivity (Wildman–Crippen MR) is 138 cm³/mol. The molecule has 1 heterocycles. The van der Waals surface area contributed by atoms with Crippen molar-refractivity contribution < 1.29 is 27.8 Å². The van der Waals surface area contributed by atoms with Crippen LogP contribution in [0.1, 0.15) is 32.4 Å². The second kappa shape index (κ2) is 11.9. The Hall–Kier alpha value is -3.92. The van der Waals surface area contributed by atoms with E-state index in [1.807, 2.05) is 19.1 Å². The van der Waals surface area contributed by atoms with Gasteiger partial charge in [-0.1, -0.05) is 42.1 Å². The Labute approximate surface area is 217 Å². The van der Waals surface area contributed by atoms with Crippen molar-refractivity contribution in [2.45, 2.75) is 12.3 Å². The molecule has 0 saturated carbocycles. The smallest absolute Gasteiger partial charge is 0.275 e. The van der Waals surface area contributed by atoms with E-state index < -0.39 is 18.0 Å². The topological polar surface area (TPSA) is 80.2 Å². The largest absolute Gasteiger partial charge is 0.492 e. The molecule has 1 aliphatic rings.